The fraction of sp³-hybridized carbons (Fsp3) is 0.885. The molecule has 13 heteroatoms. The second-order valence-electron chi connectivity index (χ2n) is 7.76. The standard InChI is InChI=1S/C26H50O13/c1-25(2)26(28)39-24-23-38-22-21-37-20-19-36-18-17-35-16-15-34-14-13-33-12-11-32-10-9-31-8-7-30-6-5-29-4-3-27/h27H,1,3-24H2,2H3. The van der Waals surface area contributed by atoms with Crippen molar-refractivity contribution in [2.75, 3.05) is 145 Å². The number of hydrogen-bond donors (Lipinski definition) is 1. The van der Waals surface area contributed by atoms with E-state index < -0.39 is 5.97 Å². The van der Waals surface area contributed by atoms with Crippen molar-refractivity contribution in [3.8, 4) is 0 Å². The SMILES string of the molecule is C=C(C)C(=O)OCCOCCOCCOCCOCCOCCOCCOCCOCCOCCOCCO. The molecular formula is C26H50O13. The fourth-order valence-electron chi connectivity index (χ4n) is 2.46. The molecule has 0 aromatic carbocycles. The first-order valence-corrected chi connectivity index (χ1v) is 13.4. The van der Waals surface area contributed by atoms with E-state index in [4.69, 9.17) is 57.2 Å². The first-order chi connectivity index (χ1) is 19.2. The van der Waals surface area contributed by atoms with Crippen LogP contribution in [-0.2, 0) is 56.9 Å². The zero-order valence-corrected chi connectivity index (χ0v) is 23.6. The Labute approximate surface area is 232 Å². The molecule has 0 unspecified atom stereocenters. The van der Waals surface area contributed by atoms with E-state index in [1.807, 2.05) is 0 Å². The summed E-state index contributed by atoms with van der Waals surface area (Å²) in [6.07, 6.45) is 0. The highest BCUT2D eigenvalue weighted by Gasteiger charge is 2.02. The zero-order chi connectivity index (χ0) is 28.5. The molecule has 0 aliphatic heterocycles. The lowest BCUT2D eigenvalue weighted by Crippen LogP contribution is -2.15. The van der Waals surface area contributed by atoms with Gasteiger partial charge < -0.3 is 57.2 Å². The van der Waals surface area contributed by atoms with Crippen molar-refractivity contribution in [3.05, 3.63) is 12.2 Å². The minimum Gasteiger partial charge on any atom is -0.460 e. The van der Waals surface area contributed by atoms with E-state index in [0.29, 0.717) is 138 Å². The Hall–Kier alpha value is -1.23. The van der Waals surface area contributed by atoms with Crippen molar-refractivity contribution < 1.29 is 62.0 Å². The van der Waals surface area contributed by atoms with E-state index in [0.717, 1.165) is 0 Å². The lowest BCUT2D eigenvalue weighted by Gasteiger charge is -2.09. The molecule has 0 spiro atoms. The molecule has 0 aromatic heterocycles. The van der Waals surface area contributed by atoms with Gasteiger partial charge in [-0.05, 0) is 6.92 Å². The van der Waals surface area contributed by atoms with E-state index in [9.17, 15) is 4.79 Å². The van der Waals surface area contributed by atoms with Crippen LogP contribution in [0.3, 0.4) is 0 Å². The van der Waals surface area contributed by atoms with Crippen LogP contribution in [-0.4, -0.2) is 156 Å². The first-order valence-electron chi connectivity index (χ1n) is 13.4. The molecule has 0 bridgehead atoms. The predicted octanol–water partition coefficient (Wildman–Crippen LogP) is 0.264. The van der Waals surface area contributed by atoms with Gasteiger partial charge in [0.25, 0.3) is 0 Å². The molecule has 0 rings (SSSR count). The Balaban J connectivity index is 3.06. The van der Waals surface area contributed by atoms with Crippen molar-refractivity contribution in [2.24, 2.45) is 0 Å². The van der Waals surface area contributed by atoms with Crippen LogP contribution in [0.2, 0.25) is 0 Å². The molecule has 0 saturated heterocycles. The molecule has 13 nitrogen and oxygen atoms in total. The number of aliphatic hydroxyl groups is 1. The summed E-state index contributed by atoms with van der Waals surface area (Å²) in [6.45, 7) is 14.7. The summed E-state index contributed by atoms with van der Waals surface area (Å²) in [7, 11) is 0. The quantitative estimate of drug-likeness (QED) is 0.0656. The molecule has 0 radical (unpaired) electrons. The van der Waals surface area contributed by atoms with E-state index in [1.165, 1.54) is 0 Å². The van der Waals surface area contributed by atoms with E-state index >= 15 is 0 Å². The molecule has 39 heavy (non-hydrogen) atoms. The first kappa shape index (κ1) is 37.8. The lowest BCUT2D eigenvalue weighted by molar-refractivity contribution is -0.140. The topological polar surface area (TPSA) is 139 Å². The van der Waals surface area contributed by atoms with Gasteiger partial charge in [-0.25, -0.2) is 4.79 Å². The van der Waals surface area contributed by atoms with E-state index in [2.05, 4.69) is 6.58 Å². The van der Waals surface area contributed by atoms with Crippen molar-refractivity contribution >= 4 is 5.97 Å². The van der Waals surface area contributed by atoms with Crippen LogP contribution in [0.15, 0.2) is 12.2 Å². The molecular weight excluding hydrogens is 520 g/mol. The van der Waals surface area contributed by atoms with Crippen molar-refractivity contribution in [1.29, 1.82) is 0 Å². The number of carbonyl (C=O) groups excluding carboxylic acids is 1. The molecule has 0 amide bonds. The summed E-state index contributed by atoms with van der Waals surface area (Å²) in [4.78, 5) is 11.2. The normalized spacial score (nSPS) is 11.2. The lowest BCUT2D eigenvalue weighted by atomic mass is 10.4. The van der Waals surface area contributed by atoms with E-state index in [1.54, 1.807) is 6.92 Å². The molecule has 0 aromatic rings. The summed E-state index contributed by atoms with van der Waals surface area (Å²) in [5, 5.41) is 8.56. The van der Waals surface area contributed by atoms with Gasteiger partial charge in [0.15, 0.2) is 0 Å². The third kappa shape index (κ3) is 32.9. The predicted molar refractivity (Wildman–Crippen MR) is 141 cm³/mol. The summed E-state index contributed by atoms with van der Waals surface area (Å²) in [5.74, 6) is -0.414. The molecule has 0 atom stereocenters. The minimum atomic E-state index is -0.414. The molecule has 0 aliphatic rings. The summed E-state index contributed by atoms with van der Waals surface area (Å²) >= 11 is 0. The van der Waals surface area contributed by atoms with Crippen molar-refractivity contribution in [1.82, 2.24) is 0 Å². The van der Waals surface area contributed by atoms with Crippen LogP contribution in [0.25, 0.3) is 0 Å². The maximum atomic E-state index is 11.2. The van der Waals surface area contributed by atoms with Gasteiger partial charge in [-0.3, -0.25) is 0 Å². The third-order valence-electron chi connectivity index (χ3n) is 4.39. The van der Waals surface area contributed by atoms with E-state index in [-0.39, 0.29) is 13.2 Å². The minimum absolute atomic E-state index is 0.0225. The van der Waals surface area contributed by atoms with Gasteiger partial charge in [0.05, 0.1) is 139 Å². The Kier molecular flexibility index (Phi) is 31.9. The van der Waals surface area contributed by atoms with Crippen molar-refractivity contribution in [2.45, 2.75) is 6.92 Å². The second-order valence-corrected chi connectivity index (χ2v) is 7.76. The van der Waals surface area contributed by atoms with Gasteiger partial charge in [-0.15, -0.1) is 0 Å². The number of hydrogen-bond acceptors (Lipinski definition) is 13. The Morgan fingerprint density at radius 3 is 0.846 bits per heavy atom. The Morgan fingerprint density at radius 1 is 0.436 bits per heavy atom. The maximum Gasteiger partial charge on any atom is 0.333 e. The number of ether oxygens (including phenoxy) is 11. The molecule has 0 heterocycles. The average molecular weight is 571 g/mol. The summed E-state index contributed by atoms with van der Waals surface area (Å²) < 4.78 is 58.5. The molecule has 0 fully saturated rings. The fourth-order valence-corrected chi connectivity index (χ4v) is 2.46. The van der Waals surface area contributed by atoms with Crippen LogP contribution >= 0.6 is 0 Å². The molecule has 232 valence electrons. The highest BCUT2D eigenvalue weighted by molar-refractivity contribution is 5.86. The van der Waals surface area contributed by atoms with Gasteiger partial charge in [0.1, 0.15) is 6.61 Å². The second kappa shape index (κ2) is 33.0. The average Bonchev–Trinajstić information content (AvgIpc) is 2.93. The summed E-state index contributed by atoms with van der Waals surface area (Å²) in [5.41, 5.74) is 0.369. The van der Waals surface area contributed by atoms with Crippen LogP contribution < -0.4 is 0 Å². The highest BCUT2D eigenvalue weighted by atomic mass is 16.6. The van der Waals surface area contributed by atoms with Crippen LogP contribution in [0.1, 0.15) is 6.92 Å². The van der Waals surface area contributed by atoms with Crippen LogP contribution in [0.5, 0.6) is 0 Å². The highest BCUT2D eigenvalue weighted by Crippen LogP contribution is 1.92. The third-order valence-corrected chi connectivity index (χ3v) is 4.39. The van der Waals surface area contributed by atoms with Gasteiger partial charge in [-0.2, -0.15) is 0 Å². The number of esters is 1. The largest absolute Gasteiger partial charge is 0.460 e. The number of carbonyl (C=O) groups is 1. The van der Waals surface area contributed by atoms with Gasteiger partial charge in [0.2, 0.25) is 0 Å². The monoisotopic (exact) mass is 570 g/mol. The summed E-state index contributed by atoms with van der Waals surface area (Å²) in [6, 6.07) is 0. The molecule has 0 saturated carbocycles. The Bertz CT molecular complexity index is 522. The maximum absolute atomic E-state index is 11.2. The number of rotatable bonds is 33. The van der Waals surface area contributed by atoms with Gasteiger partial charge >= 0.3 is 5.97 Å². The van der Waals surface area contributed by atoms with Gasteiger partial charge in [0, 0.05) is 5.57 Å². The zero-order valence-electron chi connectivity index (χ0n) is 23.6. The van der Waals surface area contributed by atoms with Crippen LogP contribution in [0, 0.1) is 0 Å². The smallest absolute Gasteiger partial charge is 0.333 e. The molecule has 1 N–H and O–H groups in total. The van der Waals surface area contributed by atoms with Crippen LogP contribution in [0.4, 0.5) is 0 Å². The van der Waals surface area contributed by atoms with Crippen molar-refractivity contribution in [3.63, 3.8) is 0 Å². The van der Waals surface area contributed by atoms with Gasteiger partial charge in [-0.1, -0.05) is 6.58 Å². The Morgan fingerprint density at radius 2 is 0.641 bits per heavy atom. The number of aliphatic hydroxyl groups excluding tert-OH is 1. The molecule has 0 aliphatic carbocycles.